The van der Waals surface area contributed by atoms with Gasteiger partial charge in [-0.05, 0) is 18.8 Å². The lowest BCUT2D eigenvalue weighted by Gasteiger charge is -2.42. The highest BCUT2D eigenvalue weighted by molar-refractivity contribution is 4.93. The van der Waals surface area contributed by atoms with Gasteiger partial charge in [0.25, 0.3) is 0 Å². The Hall–Kier alpha value is -0.0800. The summed E-state index contributed by atoms with van der Waals surface area (Å²) in [5, 5.41) is 19.3. The van der Waals surface area contributed by atoms with Crippen LogP contribution < -0.4 is 0 Å². The van der Waals surface area contributed by atoms with E-state index in [1.165, 1.54) is 0 Å². The van der Waals surface area contributed by atoms with Gasteiger partial charge in [-0.1, -0.05) is 27.7 Å². The zero-order valence-corrected chi connectivity index (χ0v) is 8.18. The van der Waals surface area contributed by atoms with E-state index in [0.29, 0.717) is 6.42 Å². The summed E-state index contributed by atoms with van der Waals surface area (Å²) in [7, 11) is 0. The molecule has 2 atom stereocenters. The third-order valence-electron chi connectivity index (χ3n) is 2.53. The highest BCUT2D eigenvalue weighted by Crippen LogP contribution is 2.35. The Bertz CT molecular complexity index is 124. The van der Waals surface area contributed by atoms with Gasteiger partial charge in [-0.2, -0.15) is 0 Å². The highest BCUT2D eigenvalue weighted by atomic mass is 16.3. The van der Waals surface area contributed by atoms with E-state index < -0.39 is 11.7 Å². The SMILES string of the molecule is CCC(O)(C(C)O)C(C)(C)C. The van der Waals surface area contributed by atoms with Gasteiger partial charge in [-0.15, -0.1) is 0 Å². The molecule has 0 amide bonds. The second-order valence-electron chi connectivity index (χ2n) is 4.20. The molecule has 0 aliphatic rings. The molecule has 0 aromatic heterocycles. The van der Waals surface area contributed by atoms with Crippen LogP contribution in [0.2, 0.25) is 0 Å². The van der Waals surface area contributed by atoms with Crippen molar-refractivity contribution in [2.75, 3.05) is 0 Å². The summed E-state index contributed by atoms with van der Waals surface area (Å²) in [4.78, 5) is 0. The van der Waals surface area contributed by atoms with E-state index in [2.05, 4.69) is 0 Å². The molecular formula is C9H20O2. The van der Waals surface area contributed by atoms with Gasteiger partial charge in [0.2, 0.25) is 0 Å². The van der Waals surface area contributed by atoms with Crippen molar-refractivity contribution in [3.05, 3.63) is 0 Å². The van der Waals surface area contributed by atoms with Gasteiger partial charge >= 0.3 is 0 Å². The maximum atomic E-state index is 9.98. The second kappa shape index (κ2) is 3.11. The van der Waals surface area contributed by atoms with Crippen molar-refractivity contribution in [3.63, 3.8) is 0 Å². The number of aliphatic hydroxyl groups is 2. The van der Waals surface area contributed by atoms with Crippen molar-refractivity contribution in [2.24, 2.45) is 5.41 Å². The minimum Gasteiger partial charge on any atom is -0.390 e. The van der Waals surface area contributed by atoms with Crippen LogP contribution in [0.25, 0.3) is 0 Å². The molecule has 0 heterocycles. The van der Waals surface area contributed by atoms with E-state index >= 15 is 0 Å². The third kappa shape index (κ3) is 1.94. The van der Waals surface area contributed by atoms with E-state index in [-0.39, 0.29) is 5.41 Å². The molecule has 0 aromatic carbocycles. The van der Waals surface area contributed by atoms with Gasteiger partial charge in [0, 0.05) is 0 Å². The molecular weight excluding hydrogens is 140 g/mol. The molecule has 68 valence electrons. The molecule has 0 aliphatic heterocycles. The Morgan fingerprint density at radius 3 is 1.64 bits per heavy atom. The van der Waals surface area contributed by atoms with E-state index in [9.17, 15) is 10.2 Å². The van der Waals surface area contributed by atoms with Crippen molar-refractivity contribution >= 4 is 0 Å². The number of aliphatic hydroxyl groups excluding tert-OH is 1. The monoisotopic (exact) mass is 160 g/mol. The lowest BCUT2D eigenvalue weighted by Crippen LogP contribution is -2.50. The molecule has 2 heteroatoms. The first-order valence-corrected chi connectivity index (χ1v) is 4.16. The first-order chi connectivity index (χ1) is 4.75. The fourth-order valence-electron chi connectivity index (χ4n) is 1.45. The van der Waals surface area contributed by atoms with Crippen LogP contribution >= 0.6 is 0 Å². The third-order valence-corrected chi connectivity index (χ3v) is 2.53. The molecule has 11 heavy (non-hydrogen) atoms. The molecule has 0 saturated heterocycles. The molecule has 0 saturated carbocycles. The zero-order chi connectivity index (χ0) is 9.28. The molecule has 2 nitrogen and oxygen atoms in total. The lowest BCUT2D eigenvalue weighted by molar-refractivity contribution is -0.137. The van der Waals surface area contributed by atoms with Crippen LogP contribution in [0.15, 0.2) is 0 Å². The van der Waals surface area contributed by atoms with Crippen molar-refractivity contribution in [2.45, 2.75) is 52.7 Å². The normalized spacial score (nSPS) is 21.0. The minimum absolute atomic E-state index is 0.268. The Balaban J connectivity index is 4.61. The summed E-state index contributed by atoms with van der Waals surface area (Å²) in [6.07, 6.45) is -0.0961. The van der Waals surface area contributed by atoms with Crippen LogP contribution in [-0.4, -0.2) is 21.9 Å². The van der Waals surface area contributed by atoms with Crippen molar-refractivity contribution in [3.8, 4) is 0 Å². The van der Waals surface area contributed by atoms with Crippen LogP contribution in [0.1, 0.15) is 41.0 Å². The quantitative estimate of drug-likeness (QED) is 0.643. The summed E-state index contributed by atoms with van der Waals surface area (Å²) in [5.41, 5.74) is -1.23. The molecule has 0 radical (unpaired) electrons. The maximum absolute atomic E-state index is 9.98. The highest BCUT2D eigenvalue weighted by Gasteiger charge is 2.42. The molecule has 0 spiro atoms. The zero-order valence-electron chi connectivity index (χ0n) is 8.18. The first-order valence-electron chi connectivity index (χ1n) is 4.16. The van der Waals surface area contributed by atoms with Crippen LogP contribution in [-0.2, 0) is 0 Å². The molecule has 0 bridgehead atoms. The van der Waals surface area contributed by atoms with Crippen LogP contribution in [0, 0.1) is 5.41 Å². The molecule has 0 rings (SSSR count). The Kier molecular flexibility index (Phi) is 3.09. The average molecular weight is 160 g/mol. The van der Waals surface area contributed by atoms with E-state index in [4.69, 9.17) is 0 Å². The fourth-order valence-corrected chi connectivity index (χ4v) is 1.45. The summed E-state index contributed by atoms with van der Waals surface area (Å²) in [6, 6.07) is 0. The average Bonchev–Trinajstić information content (AvgIpc) is 1.83. The van der Waals surface area contributed by atoms with Gasteiger partial charge < -0.3 is 10.2 Å². The maximum Gasteiger partial charge on any atom is 0.0947 e. The van der Waals surface area contributed by atoms with E-state index in [0.717, 1.165) is 0 Å². The number of hydrogen-bond donors (Lipinski definition) is 2. The predicted molar refractivity (Wildman–Crippen MR) is 46.4 cm³/mol. The molecule has 2 unspecified atom stereocenters. The van der Waals surface area contributed by atoms with Crippen molar-refractivity contribution in [1.82, 2.24) is 0 Å². The number of hydrogen-bond acceptors (Lipinski definition) is 2. The largest absolute Gasteiger partial charge is 0.390 e. The Morgan fingerprint density at radius 2 is 1.64 bits per heavy atom. The molecule has 2 N–H and O–H groups in total. The minimum atomic E-state index is -0.965. The molecule has 0 aliphatic carbocycles. The smallest absolute Gasteiger partial charge is 0.0947 e. The van der Waals surface area contributed by atoms with Gasteiger partial charge in [-0.25, -0.2) is 0 Å². The summed E-state index contributed by atoms with van der Waals surface area (Å²) in [5.74, 6) is 0. The Labute approximate surface area is 69.2 Å². The van der Waals surface area contributed by atoms with Gasteiger partial charge in [-0.3, -0.25) is 0 Å². The summed E-state index contributed by atoms with van der Waals surface area (Å²) < 4.78 is 0. The predicted octanol–water partition coefficient (Wildman–Crippen LogP) is 1.55. The van der Waals surface area contributed by atoms with Crippen LogP contribution in [0.5, 0.6) is 0 Å². The second-order valence-corrected chi connectivity index (χ2v) is 4.20. The van der Waals surface area contributed by atoms with Gasteiger partial charge in [0.05, 0.1) is 11.7 Å². The molecule has 0 fully saturated rings. The van der Waals surface area contributed by atoms with E-state index in [1.54, 1.807) is 6.92 Å². The van der Waals surface area contributed by atoms with Crippen LogP contribution in [0.3, 0.4) is 0 Å². The first kappa shape index (κ1) is 10.9. The lowest BCUT2D eigenvalue weighted by atomic mass is 9.72. The topological polar surface area (TPSA) is 40.5 Å². The summed E-state index contributed by atoms with van der Waals surface area (Å²) >= 11 is 0. The van der Waals surface area contributed by atoms with Crippen molar-refractivity contribution < 1.29 is 10.2 Å². The van der Waals surface area contributed by atoms with Gasteiger partial charge in [0.15, 0.2) is 0 Å². The Morgan fingerprint density at radius 1 is 1.27 bits per heavy atom. The van der Waals surface area contributed by atoms with Gasteiger partial charge in [0.1, 0.15) is 0 Å². The van der Waals surface area contributed by atoms with Crippen LogP contribution in [0.4, 0.5) is 0 Å². The summed E-state index contributed by atoms with van der Waals surface area (Å²) in [6.45, 7) is 9.32. The number of rotatable bonds is 2. The molecule has 0 aromatic rings. The van der Waals surface area contributed by atoms with Crippen molar-refractivity contribution in [1.29, 1.82) is 0 Å². The fraction of sp³-hybridized carbons (Fsp3) is 1.00. The van der Waals surface area contributed by atoms with E-state index in [1.807, 2.05) is 27.7 Å². The standard InChI is InChI=1S/C9H20O2/c1-6-9(11,7(2)10)8(3,4)5/h7,10-11H,6H2,1-5H3.